The maximum atomic E-state index is 2.58. The van der Waals surface area contributed by atoms with Crippen molar-refractivity contribution in [1.29, 1.82) is 0 Å². The highest BCUT2D eigenvalue weighted by Crippen LogP contribution is 2.22. The van der Waals surface area contributed by atoms with Crippen molar-refractivity contribution in [1.82, 2.24) is 0 Å². The van der Waals surface area contributed by atoms with E-state index < -0.39 is 0 Å². The quantitative estimate of drug-likeness (QED) is 0.835. The maximum Gasteiger partial charge on any atom is 0.0984 e. The zero-order chi connectivity index (χ0) is 17.1. The summed E-state index contributed by atoms with van der Waals surface area (Å²) in [7, 11) is 0. The van der Waals surface area contributed by atoms with Gasteiger partial charge in [-0.1, -0.05) is 31.5 Å². The first kappa shape index (κ1) is 17.4. The molecule has 0 spiro atoms. The van der Waals surface area contributed by atoms with Crippen LogP contribution in [0, 0.1) is 5.92 Å². The average molecular weight is 344 g/mol. The summed E-state index contributed by atoms with van der Waals surface area (Å²) in [4.78, 5) is 6.42. The summed E-state index contributed by atoms with van der Waals surface area (Å²) in [6.45, 7) is 10.5. The normalized spacial score (nSPS) is 34.8. The van der Waals surface area contributed by atoms with Gasteiger partial charge in [-0.25, -0.2) is 0 Å². The maximum absolute atomic E-state index is 2.58. The Labute approximate surface area is 154 Å². The molecule has 3 fully saturated rings. The second-order valence-corrected chi connectivity index (χ2v) is 8.88. The van der Waals surface area contributed by atoms with E-state index in [0.29, 0.717) is 0 Å². The molecule has 1 saturated carbocycles. The fraction of sp³-hybridized carbons (Fsp3) is 0.727. The van der Waals surface area contributed by atoms with E-state index in [1.165, 1.54) is 83.5 Å². The third kappa shape index (κ3) is 4.20. The predicted molar refractivity (Wildman–Crippen MR) is 104 cm³/mol. The molecule has 138 valence electrons. The molecule has 0 unspecified atom stereocenters. The summed E-state index contributed by atoms with van der Waals surface area (Å²) in [6.07, 6.45) is 8.85. The van der Waals surface area contributed by atoms with Crippen LogP contribution in [0.2, 0.25) is 0 Å². The zero-order valence-corrected chi connectivity index (χ0v) is 16.1. The summed E-state index contributed by atoms with van der Waals surface area (Å²) in [5.74, 6) is 0.973. The van der Waals surface area contributed by atoms with E-state index in [-0.39, 0.29) is 0 Å². The van der Waals surface area contributed by atoms with Gasteiger partial charge in [0.2, 0.25) is 0 Å². The minimum atomic E-state index is 0.933. The van der Waals surface area contributed by atoms with Crippen LogP contribution in [-0.4, -0.2) is 51.4 Å². The van der Waals surface area contributed by atoms with Gasteiger partial charge in [0.15, 0.2) is 0 Å². The lowest BCUT2D eigenvalue weighted by Gasteiger charge is -2.42. The Bertz CT molecular complexity index is 515. The molecule has 3 aliphatic rings. The van der Waals surface area contributed by atoms with Crippen molar-refractivity contribution < 1.29 is 9.80 Å². The van der Waals surface area contributed by atoms with E-state index in [9.17, 15) is 0 Å². The molecule has 2 heterocycles. The monoisotopic (exact) mass is 343 g/mol. The number of quaternary nitrogens is 2. The number of nitrogens with one attached hydrogen (secondary N) is 2. The number of rotatable bonds is 3. The molecule has 0 aromatic heterocycles. The Morgan fingerprint density at radius 1 is 0.800 bits per heavy atom. The molecular weight excluding hydrogens is 306 g/mol. The number of nitrogens with zero attached hydrogens (tertiary/aromatic N) is 1. The van der Waals surface area contributed by atoms with Gasteiger partial charge in [-0.2, -0.15) is 0 Å². The molecule has 25 heavy (non-hydrogen) atoms. The van der Waals surface area contributed by atoms with E-state index in [0.717, 1.165) is 18.0 Å². The number of likely N-dealkylation sites (tertiary alicyclic amines) is 1. The topological polar surface area (TPSA) is 12.1 Å². The second-order valence-electron chi connectivity index (χ2n) is 8.88. The van der Waals surface area contributed by atoms with Crippen molar-refractivity contribution in [3.05, 3.63) is 30.3 Å². The van der Waals surface area contributed by atoms with Crippen LogP contribution < -0.4 is 14.7 Å². The Balaban J connectivity index is 1.24. The van der Waals surface area contributed by atoms with Crippen molar-refractivity contribution in [2.24, 2.45) is 5.92 Å². The van der Waals surface area contributed by atoms with Crippen molar-refractivity contribution >= 4 is 5.69 Å². The van der Waals surface area contributed by atoms with E-state index in [4.69, 9.17) is 0 Å². The Hall–Kier alpha value is -1.06. The number of piperidine rings is 1. The molecule has 0 amide bonds. The summed E-state index contributed by atoms with van der Waals surface area (Å²) < 4.78 is 0. The third-order valence-electron chi connectivity index (χ3n) is 7.25. The van der Waals surface area contributed by atoms with Crippen LogP contribution in [-0.2, 0) is 0 Å². The minimum Gasteiger partial charge on any atom is -0.360 e. The predicted octanol–water partition coefficient (Wildman–Crippen LogP) is 1.02. The molecule has 1 aromatic rings. The van der Waals surface area contributed by atoms with Crippen LogP contribution in [0.1, 0.15) is 45.4 Å². The number of benzene rings is 1. The van der Waals surface area contributed by atoms with Gasteiger partial charge >= 0.3 is 0 Å². The summed E-state index contributed by atoms with van der Waals surface area (Å²) in [5, 5.41) is 0. The first-order valence-corrected chi connectivity index (χ1v) is 10.8. The second kappa shape index (κ2) is 8.09. The van der Waals surface area contributed by atoms with Crippen molar-refractivity contribution in [2.75, 3.05) is 44.2 Å². The summed E-state index contributed by atoms with van der Waals surface area (Å²) in [5.41, 5.74) is 1.41. The zero-order valence-electron chi connectivity index (χ0n) is 16.1. The lowest BCUT2D eigenvalue weighted by Crippen LogP contribution is -3.23. The fourth-order valence-electron chi connectivity index (χ4n) is 5.71. The smallest absolute Gasteiger partial charge is 0.0984 e. The molecule has 4 rings (SSSR count). The Morgan fingerprint density at radius 2 is 1.48 bits per heavy atom. The molecule has 0 bridgehead atoms. The summed E-state index contributed by atoms with van der Waals surface area (Å²) >= 11 is 0. The van der Waals surface area contributed by atoms with Gasteiger partial charge in [-0.3, -0.25) is 0 Å². The third-order valence-corrected chi connectivity index (χ3v) is 7.25. The van der Waals surface area contributed by atoms with E-state index in [2.05, 4.69) is 42.2 Å². The summed E-state index contributed by atoms with van der Waals surface area (Å²) in [6, 6.07) is 12.9. The van der Waals surface area contributed by atoms with Gasteiger partial charge < -0.3 is 14.7 Å². The van der Waals surface area contributed by atoms with Gasteiger partial charge in [-0.15, -0.1) is 0 Å². The van der Waals surface area contributed by atoms with Gasteiger partial charge in [0, 0.05) is 24.9 Å². The van der Waals surface area contributed by atoms with Crippen LogP contribution in [0.15, 0.2) is 30.3 Å². The molecule has 0 radical (unpaired) electrons. The molecule has 2 N–H and O–H groups in total. The molecule has 2 atom stereocenters. The van der Waals surface area contributed by atoms with Gasteiger partial charge in [0.25, 0.3) is 0 Å². The SMILES string of the molecule is C[C@H]1CCC[C@@H]([NH+]2CCC([NH+]3CCN(c4ccccc4)CC3)CC2)C1. The Kier molecular flexibility index (Phi) is 5.62. The lowest BCUT2D eigenvalue weighted by molar-refractivity contribution is -0.969. The minimum absolute atomic E-state index is 0.933. The standard InChI is InChI=1S/C22H35N3/c1-19-6-5-9-22(18-19)23-12-10-21(11-13-23)25-16-14-24(15-17-25)20-7-3-2-4-8-20/h2-4,7-8,19,21-22H,5-6,9-18H2,1H3/p+2/t19-,22+/m0/s1. The Morgan fingerprint density at radius 3 is 2.16 bits per heavy atom. The number of piperazine rings is 1. The number of hydrogen-bond donors (Lipinski definition) is 2. The van der Waals surface area contributed by atoms with Crippen LogP contribution in [0.3, 0.4) is 0 Å². The molecular formula is C22H37N3+2. The highest BCUT2D eigenvalue weighted by molar-refractivity contribution is 5.46. The number of para-hydroxylation sites is 1. The van der Waals surface area contributed by atoms with Crippen LogP contribution >= 0.6 is 0 Å². The molecule has 3 nitrogen and oxygen atoms in total. The first-order chi connectivity index (χ1) is 12.3. The van der Waals surface area contributed by atoms with Crippen LogP contribution in [0.4, 0.5) is 5.69 Å². The first-order valence-electron chi connectivity index (χ1n) is 10.8. The van der Waals surface area contributed by atoms with Crippen LogP contribution in [0.5, 0.6) is 0 Å². The van der Waals surface area contributed by atoms with E-state index in [1.54, 1.807) is 0 Å². The van der Waals surface area contributed by atoms with Crippen molar-refractivity contribution in [3.63, 3.8) is 0 Å². The fourth-order valence-corrected chi connectivity index (χ4v) is 5.71. The average Bonchev–Trinajstić information content (AvgIpc) is 2.69. The molecule has 1 aliphatic carbocycles. The molecule has 1 aromatic carbocycles. The van der Waals surface area contributed by atoms with E-state index in [1.807, 2.05) is 9.80 Å². The molecule has 2 aliphatic heterocycles. The van der Waals surface area contributed by atoms with Gasteiger partial charge in [0.1, 0.15) is 0 Å². The van der Waals surface area contributed by atoms with E-state index >= 15 is 0 Å². The van der Waals surface area contributed by atoms with Crippen molar-refractivity contribution in [2.45, 2.75) is 57.5 Å². The number of hydrogen-bond acceptors (Lipinski definition) is 1. The number of anilines is 1. The van der Waals surface area contributed by atoms with Crippen LogP contribution in [0.25, 0.3) is 0 Å². The van der Waals surface area contributed by atoms with Gasteiger partial charge in [-0.05, 0) is 30.9 Å². The highest BCUT2D eigenvalue weighted by Gasteiger charge is 2.36. The lowest BCUT2D eigenvalue weighted by atomic mass is 9.85. The molecule has 3 heteroatoms. The highest BCUT2D eigenvalue weighted by atomic mass is 15.3. The molecule has 2 saturated heterocycles. The van der Waals surface area contributed by atoms with Crippen molar-refractivity contribution in [3.8, 4) is 0 Å². The largest absolute Gasteiger partial charge is 0.360 e. The van der Waals surface area contributed by atoms with Gasteiger partial charge in [0.05, 0.1) is 51.4 Å².